The Morgan fingerprint density at radius 2 is 2.00 bits per heavy atom. The summed E-state index contributed by atoms with van der Waals surface area (Å²) in [5.74, 6) is 0.754. The van der Waals surface area contributed by atoms with E-state index in [1.165, 1.54) is 11.8 Å². The Morgan fingerprint density at radius 3 is 2.71 bits per heavy atom. The van der Waals surface area contributed by atoms with Crippen molar-refractivity contribution in [3.63, 3.8) is 0 Å². The molecule has 1 saturated heterocycles. The number of amidine groups is 1. The monoisotopic (exact) mass is 440 g/mol. The van der Waals surface area contributed by atoms with Crippen molar-refractivity contribution < 1.29 is 19.1 Å². The highest BCUT2D eigenvalue weighted by Gasteiger charge is 2.32. The summed E-state index contributed by atoms with van der Waals surface area (Å²) in [6, 6.07) is 12.9. The molecule has 1 heterocycles. The van der Waals surface area contributed by atoms with Crippen LogP contribution in [0.3, 0.4) is 0 Å². The van der Waals surface area contributed by atoms with Gasteiger partial charge in [-0.2, -0.15) is 5.10 Å². The molecular formula is C22H24N4O4S. The molecule has 31 heavy (non-hydrogen) atoms. The van der Waals surface area contributed by atoms with Crippen molar-refractivity contribution in [1.29, 1.82) is 0 Å². The van der Waals surface area contributed by atoms with Gasteiger partial charge in [0.1, 0.15) is 5.25 Å². The van der Waals surface area contributed by atoms with Gasteiger partial charge in [-0.25, -0.2) is 0 Å². The Hall–Kier alpha value is -3.33. The van der Waals surface area contributed by atoms with Crippen LogP contribution in [-0.4, -0.2) is 42.2 Å². The second kappa shape index (κ2) is 10.6. The van der Waals surface area contributed by atoms with E-state index in [1.807, 2.05) is 44.2 Å². The number of thioether (sulfide) groups is 1. The number of nitrogens with one attached hydrogen (secondary N) is 2. The molecule has 2 aromatic carbocycles. The molecule has 1 atom stereocenters. The quantitative estimate of drug-likeness (QED) is 0.484. The highest BCUT2D eigenvalue weighted by Crippen LogP contribution is 2.27. The van der Waals surface area contributed by atoms with Crippen LogP contribution >= 0.6 is 11.8 Å². The third-order valence-electron chi connectivity index (χ3n) is 4.33. The Bertz CT molecular complexity index is 1010. The zero-order chi connectivity index (χ0) is 22.2. The van der Waals surface area contributed by atoms with Gasteiger partial charge in [-0.1, -0.05) is 29.5 Å². The lowest BCUT2D eigenvalue weighted by Crippen LogP contribution is -2.28. The maximum atomic E-state index is 12.2. The fourth-order valence-corrected chi connectivity index (χ4v) is 3.72. The number of hydrogen-bond acceptors (Lipinski definition) is 7. The fourth-order valence-electron chi connectivity index (χ4n) is 2.79. The van der Waals surface area contributed by atoms with Crippen molar-refractivity contribution in [2.45, 2.75) is 25.5 Å². The first-order valence-corrected chi connectivity index (χ1v) is 10.6. The maximum absolute atomic E-state index is 12.2. The normalized spacial score (nSPS) is 17.1. The minimum Gasteiger partial charge on any atom is -0.493 e. The molecule has 162 valence electrons. The van der Waals surface area contributed by atoms with Crippen LogP contribution < -0.4 is 20.1 Å². The third-order valence-corrected chi connectivity index (χ3v) is 5.40. The Balaban J connectivity index is 1.57. The zero-order valence-corrected chi connectivity index (χ0v) is 18.4. The lowest BCUT2D eigenvalue weighted by atomic mass is 10.2. The second-order valence-electron chi connectivity index (χ2n) is 6.71. The number of carbonyl (C=O) groups is 2. The van der Waals surface area contributed by atoms with E-state index in [1.54, 1.807) is 25.5 Å². The van der Waals surface area contributed by atoms with E-state index >= 15 is 0 Å². The topological polar surface area (TPSA) is 101 Å². The molecule has 0 aromatic heterocycles. The van der Waals surface area contributed by atoms with E-state index in [-0.39, 0.29) is 18.2 Å². The van der Waals surface area contributed by atoms with Gasteiger partial charge in [-0.3, -0.25) is 9.59 Å². The number of ether oxygens (including phenoxy) is 2. The van der Waals surface area contributed by atoms with Gasteiger partial charge in [-0.15, -0.1) is 5.10 Å². The summed E-state index contributed by atoms with van der Waals surface area (Å²) >= 11 is 1.18. The van der Waals surface area contributed by atoms with Gasteiger partial charge in [0.05, 0.1) is 19.9 Å². The average Bonchev–Trinajstić information content (AvgIpc) is 3.09. The number of carbonyl (C=O) groups excluding carboxylic acids is 2. The summed E-state index contributed by atoms with van der Waals surface area (Å²) in [7, 11) is 1.58. The van der Waals surface area contributed by atoms with Crippen molar-refractivity contribution in [2.75, 3.05) is 19.0 Å². The van der Waals surface area contributed by atoms with Crippen molar-refractivity contribution >= 4 is 40.6 Å². The van der Waals surface area contributed by atoms with Crippen LogP contribution in [-0.2, 0) is 9.59 Å². The predicted molar refractivity (Wildman–Crippen MR) is 123 cm³/mol. The molecule has 1 aliphatic rings. The van der Waals surface area contributed by atoms with E-state index in [0.717, 1.165) is 11.1 Å². The highest BCUT2D eigenvalue weighted by atomic mass is 32.2. The lowest BCUT2D eigenvalue weighted by molar-refractivity contribution is -0.122. The van der Waals surface area contributed by atoms with Gasteiger partial charge in [0.25, 0.3) is 0 Å². The van der Waals surface area contributed by atoms with E-state index in [2.05, 4.69) is 20.8 Å². The van der Waals surface area contributed by atoms with E-state index in [9.17, 15) is 9.59 Å². The van der Waals surface area contributed by atoms with Crippen LogP contribution in [0.15, 0.2) is 52.7 Å². The number of nitrogens with zero attached hydrogens (tertiary/aromatic N) is 2. The number of hydrogen-bond donors (Lipinski definition) is 2. The van der Waals surface area contributed by atoms with Crippen molar-refractivity contribution in [3.8, 4) is 11.5 Å². The zero-order valence-electron chi connectivity index (χ0n) is 17.5. The molecule has 2 amide bonds. The van der Waals surface area contributed by atoms with E-state index in [4.69, 9.17) is 9.47 Å². The lowest BCUT2D eigenvalue weighted by Gasteiger charge is -2.09. The van der Waals surface area contributed by atoms with Crippen LogP contribution in [0.2, 0.25) is 0 Å². The summed E-state index contributed by atoms with van der Waals surface area (Å²) in [5, 5.41) is 13.3. The first-order valence-electron chi connectivity index (χ1n) is 9.74. The molecule has 0 aliphatic carbocycles. The van der Waals surface area contributed by atoms with Crippen LogP contribution in [0.1, 0.15) is 24.5 Å². The van der Waals surface area contributed by atoms with Gasteiger partial charge in [0.2, 0.25) is 11.8 Å². The van der Waals surface area contributed by atoms with Crippen molar-refractivity contribution in [1.82, 2.24) is 5.32 Å². The molecule has 1 fully saturated rings. The minimum atomic E-state index is -0.551. The summed E-state index contributed by atoms with van der Waals surface area (Å²) in [4.78, 5) is 24.4. The summed E-state index contributed by atoms with van der Waals surface area (Å²) in [6.07, 6.45) is 1.60. The molecule has 8 nitrogen and oxygen atoms in total. The molecule has 0 unspecified atom stereocenters. The smallest absolute Gasteiger partial charge is 0.240 e. The van der Waals surface area contributed by atoms with Gasteiger partial charge in [-0.05, 0) is 49.7 Å². The Labute approximate surface area is 185 Å². The molecule has 0 bridgehead atoms. The van der Waals surface area contributed by atoms with E-state index < -0.39 is 5.25 Å². The number of aryl methyl sites for hydroxylation is 1. The predicted octanol–water partition coefficient (Wildman–Crippen LogP) is 3.35. The largest absolute Gasteiger partial charge is 0.493 e. The van der Waals surface area contributed by atoms with E-state index in [0.29, 0.717) is 29.0 Å². The number of rotatable bonds is 8. The Morgan fingerprint density at radius 1 is 1.23 bits per heavy atom. The van der Waals surface area contributed by atoms with Crippen LogP contribution in [0.25, 0.3) is 0 Å². The molecule has 2 aromatic rings. The molecule has 0 radical (unpaired) electrons. The van der Waals surface area contributed by atoms with Gasteiger partial charge in [0.15, 0.2) is 16.7 Å². The van der Waals surface area contributed by atoms with Gasteiger partial charge >= 0.3 is 0 Å². The van der Waals surface area contributed by atoms with Gasteiger partial charge in [0, 0.05) is 12.1 Å². The molecular weight excluding hydrogens is 416 g/mol. The van der Waals surface area contributed by atoms with Crippen molar-refractivity contribution in [3.05, 3.63) is 53.6 Å². The number of anilines is 1. The minimum absolute atomic E-state index is 0.0449. The van der Waals surface area contributed by atoms with Crippen LogP contribution in [0.4, 0.5) is 5.69 Å². The highest BCUT2D eigenvalue weighted by molar-refractivity contribution is 8.15. The van der Waals surface area contributed by atoms with Gasteiger partial charge < -0.3 is 20.1 Å². The average molecular weight is 441 g/mol. The Kier molecular flexibility index (Phi) is 7.66. The molecule has 3 rings (SSSR count). The SMILES string of the molecule is CCOc1cc(/C=N\N=C2/NC(=O)[C@@H](CC(=O)Nc3ccc(C)cc3)S2)ccc1OC. The first kappa shape index (κ1) is 22.4. The standard InChI is InChI=1S/C22H24N4O4S/c1-4-30-18-11-15(7-10-17(18)29-3)13-23-26-22-25-21(28)19(31-22)12-20(27)24-16-8-5-14(2)6-9-16/h5-11,13,19H,4,12H2,1-3H3,(H,24,27)(H,25,26,28)/b23-13-/t19-/m1/s1. The third kappa shape index (κ3) is 6.32. The number of methoxy groups -OCH3 is 1. The van der Waals surface area contributed by atoms with Crippen molar-refractivity contribution in [2.24, 2.45) is 10.2 Å². The molecule has 9 heteroatoms. The maximum Gasteiger partial charge on any atom is 0.240 e. The summed E-state index contributed by atoms with van der Waals surface area (Å²) < 4.78 is 10.8. The molecule has 0 spiro atoms. The first-order chi connectivity index (χ1) is 15.0. The molecule has 2 N–H and O–H groups in total. The van der Waals surface area contributed by atoms with Crippen LogP contribution in [0.5, 0.6) is 11.5 Å². The molecule has 0 saturated carbocycles. The number of amides is 2. The number of benzene rings is 2. The fraction of sp³-hybridized carbons (Fsp3) is 0.273. The molecule has 1 aliphatic heterocycles. The second-order valence-corrected chi connectivity index (χ2v) is 7.90. The van der Waals surface area contributed by atoms with Crippen LogP contribution in [0, 0.1) is 6.92 Å². The summed E-state index contributed by atoms with van der Waals surface area (Å²) in [5.41, 5.74) is 2.58. The summed E-state index contributed by atoms with van der Waals surface area (Å²) in [6.45, 7) is 4.38.